The van der Waals surface area contributed by atoms with Crippen LogP contribution in [-0.2, 0) is 14.8 Å². The standard InChI is InChI=1S/C20H22BrN3O5S/c1-29-18-9-4-13(19(22)25)11-17(18)23-20(26)14-3-2-10-24(12-14)30(27,28)16-7-5-15(21)6-8-16/h4-9,11,14H,2-3,10,12H2,1H3,(H2,22,25)(H,23,26). The van der Waals surface area contributed by atoms with E-state index in [0.717, 1.165) is 4.47 Å². The molecule has 1 aliphatic heterocycles. The van der Waals surface area contributed by atoms with Gasteiger partial charge in [-0.2, -0.15) is 4.31 Å². The molecule has 0 radical (unpaired) electrons. The molecule has 8 nitrogen and oxygen atoms in total. The number of amides is 2. The molecule has 0 aliphatic carbocycles. The van der Waals surface area contributed by atoms with Crippen LogP contribution >= 0.6 is 15.9 Å². The van der Waals surface area contributed by atoms with Crippen molar-refractivity contribution < 1.29 is 22.7 Å². The Morgan fingerprint density at radius 3 is 2.53 bits per heavy atom. The maximum absolute atomic E-state index is 13.0. The van der Waals surface area contributed by atoms with Gasteiger partial charge >= 0.3 is 0 Å². The molecule has 0 bridgehead atoms. The zero-order valence-corrected chi connectivity index (χ0v) is 18.7. The van der Waals surface area contributed by atoms with E-state index < -0.39 is 21.8 Å². The van der Waals surface area contributed by atoms with E-state index in [1.165, 1.54) is 35.7 Å². The number of carbonyl (C=O) groups excluding carboxylic acids is 2. The van der Waals surface area contributed by atoms with E-state index in [9.17, 15) is 18.0 Å². The molecule has 1 fully saturated rings. The minimum Gasteiger partial charge on any atom is -0.495 e. The number of nitrogens with two attached hydrogens (primary N) is 1. The number of nitrogens with zero attached hydrogens (tertiary/aromatic N) is 1. The number of halogens is 1. The largest absolute Gasteiger partial charge is 0.495 e. The first kappa shape index (κ1) is 22.3. The third kappa shape index (κ3) is 4.82. The summed E-state index contributed by atoms with van der Waals surface area (Å²) in [5.74, 6) is -1.13. The van der Waals surface area contributed by atoms with Crippen LogP contribution in [0.15, 0.2) is 51.8 Å². The minimum atomic E-state index is -3.70. The predicted molar refractivity (Wildman–Crippen MR) is 116 cm³/mol. The maximum atomic E-state index is 13.0. The number of primary amides is 1. The van der Waals surface area contributed by atoms with E-state index in [1.807, 2.05) is 0 Å². The Hall–Kier alpha value is -2.43. The van der Waals surface area contributed by atoms with E-state index in [1.54, 1.807) is 18.2 Å². The molecule has 160 valence electrons. The highest BCUT2D eigenvalue weighted by Crippen LogP contribution is 2.29. The van der Waals surface area contributed by atoms with Crippen LogP contribution in [0.5, 0.6) is 5.75 Å². The number of rotatable bonds is 6. The van der Waals surface area contributed by atoms with Crippen molar-refractivity contribution in [3.8, 4) is 5.75 Å². The lowest BCUT2D eigenvalue weighted by Gasteiger charge is -2.31. The lowest BCUT2D eigenvalue weighted by Crippen LogP contribution is -2.43. The highest BCUT2D eigenvalue weighted by Gasteiger charge is 2.33. The second kappa shape index (κ2) is 9.15. The first-order chi connectivity index (χ1) is 14.2. The van der Waals surface area contributed by atoms with Crippen molar-refractivity contribution in [2.45, 2.75) is 17.7 Å². The van der Waals surface area contributed by atoms with Gasteiger partial charge in [0.1, 0.15) is 5.75 Å². The second-order valence-corrected chi connectivity index (χ2v) is 9.78. The van der Waals surface area contributed by atoms with Crippen molar-refractivity contribution in [1.29, 1.82) is 0 Å². The third-order valence-electron chi connectivity index (χ3n) is 4.95. The monoisotopic (exact) mass is 495 g/mol. The van der Waals surface area contributed by atoms with E-state index in [2.05, 4.69) is 21.2 Å². The zero-order chi connectivity index (χ0) is 21.9. The Morgan fingerprint density at radius 1 is 1.20 bits per heavy atom. The quantitative estimate of drug-likeness (QED) is 0.638. The fourth-order valence-corrected chi connectivity index (χ4v) is 5.11. The fourth-order valence-electron chi connectivity index (χ4n) is 3.32. The van der Waals surface area contributed by atoms with Gasteiger partial charge in [0.25, 0.3) is 0 Å². The van der Waals surface area contributed by atoms with E-state index in [4.69, 9.17) is 10.5 Å². The van der Waals surface area contributed by atoms with Gasteiger partial charge in [-0.1, -0.05) is 15.9 Å². The number of benzene rings is 2. The molecule has 1 aliphatic rings. The fraction of sp³-hybridized carbons (Fsp3) is 0.300. The van der Waals surface area contributed by atoms with Crippen molar-refractivity contribution >= 4 is 43.5 Å². The number of nitrogens with one attached hydrogen (secondary N) is 1. The van der Waals surface area contributed by atoms with Crippen LogP contribution in [0, 0.1) is 5.92 Å². The minimum absolute atomic E-state index is 0.0715. The normalized spacial score (nSPS) is 17.3. The molecule has 3 rings (SSSR count). The lowest BCUT2D eigenvalue weighted by molar-refractivity contribution is -0.120. The molecule has 2 aromatic rings. The van der Waals surface area contributed by atoms with Crippen LogP contribution in [0.25, 0.3) is 0 Å². The van der Waals surface area contributed by atoms with Gasteiger partial charge in [-0.15, -0.1) is 0 Å². The number of piperidine rings is 1. The SMILES string of the molecule is COc1ccc(C(N)=O)cc1NC(=O)C1CCCN(S(=O)(=O)c2ccc(Br)cc2)C1. The summed E-state index contributed by atoms with van der Waals surface area (Å²) in [5, 5.41) is 2.75. The average molecular weight is 496 g/mol. The van der Waals surface area contributed by atoms with Crippen LogP contribution in [-0.4, -0.2) is 44.7 Å². The molecule has 30 heavy (non-hydrogen) atoms. The van der Waals surface area contributed by atoms with Gasteiger partial charge in [0.15, 0.2) is 0 Å². The topological polar surface area (TPSA) is 119 Å². The molecule has 1 atom stereocenters. The average Bonchev–Trinajstić information content (AvgIpc) is 2.74. The number of methoxy groups -OCH3 is 1. The molecule has 10 heteroatoms. The summed E-state index contributed by atoms with van der Waals surface area (Å²) in [6.07, 6.45) is 1.11. The predicted octanol–water partition coefficient (Wildman–Crippen LogP) is 2.60. The second-order valence-electron chi connectivity index (χ2n) is 6.92. The van der Waals surface area contributed by atoms with E-state index in [-0.39, 0.29) is 22.9 Å². The number of ether oxygens (including phenoxy) is 1. The van der Waals surface area contributed by atoms with Gasteiger partial charge in [-0.3, -0.25) is 9.59 Å². The smallest absolute Gasteiger partial charge is 0.248 e. The van der Waals surface area contributed by atoms with E-state index in [0.29, 0.717) is 30.8 Å². The Balaban J connectivity index is 1.77. The molecule has 2 amide bonds. The number of hydrogen-bond donors (Lipinski definition) is 2. The summed E-state index contributed by atoms with van der Waals surface area (Å²) in [5.41, 5.74) is 5.85. The Morgan fingerprint density at radius 2 is 1.90 bits per heavy atom. The summed E-state index contributed by atoms with van der Waals surface area (Å²) in [6, 6.07) is 10.9. The number of carbonyl (C=O) groups is 2. The van der Waals surface area contributed by atoms with Crippen LogP contribution in [0.1, 0.15) is 23.2 Å². The van der Waals surface area contributed by atoms with Crippen LogP contribution in [0.2, 0.25) is 0 Å². The number of sulfonamides is 1. The van der Waals surface area contributed by atoms with Crippen LogP contribution < -0.4 is 15.8 Å². The van der Waals surface area contributed by atoms with Gasteiger partial charge < -0.3 is 15.8 Å². The van der Waals surface area contributed by atoms with Gasteiger partial charge in [-0.05, 0) is 55.3 Å². The molecule has 0 saturated carbocycles. The zero-order valence-electron chi connectivity index (χ0n) is 16.3. The summed E-state index contributed by atoms with van der Waals surface area (Å²) >= 11 is 3.29. The van der Waals surface area contributed by atoms with Gasteiger partial charge in [-0.25, -0.2) is 8.42 Å². The lowest BCUT2D eigenvalue weighted by atomic mass is 9.98. The maximum Gasteiger partial charge on any atom is 0.248 e. The van der Waals surface area contributed by atoms with Gasteiger partial charge in [0.2, 0.25) is 21.8 Å². The van der Waals surface area contributed by atoms with Crippen LogP contribution in [0.3, 0.4) is 0 Å². The Bertz CT molecular complexity index is 1060. The first-order valence-electron chi connectivity index (χ1n) is 9.27. The third-order valence-corrected chi connectivity index (χ3v) is 7.36. The highest BCUT2D eigenvalue weighted by atomic mass is 79.9. The molecule has 0 aromatic heterocycles. The van der Waals surface area contributed by atoms with Gasteiger partial charge in [0.05, 0.1) is 23.6 Å². The summed E-state index contributed by atoms with van der Waals surface area (Å²) in [6.45, 7) is 0.421. The summed E-state index contributed by atoms with van der Waals surface area (Å²) < 4.78 is 33.3. The molecule has 0 spiro atoms. The highest BCUT2D eigenvalue weighted by molar-refractivity contribution is 9.10. The molecular formula is C20H22BrN3O5S. The molecular weight excluding hydrogens is 474 g/mol. The van der Waals surface area contributed by atoms with Crippen molar-refractivity contribution in [2.24, 2.45) is 11.7 Å². The molecule has 1 saturated heterocycles. The molecule has 1 heterocycles. The van der Waals surface area contributed by atoms with Crippen LogP contribution in [0.4, 0.5) is 5.69 Å². The van der Waals surface area contributed by atoms with Crippen molar-refractivity contribution in [3.05, 3.63) is 52.5 Å². The molecule has 1 unspecified atom stereocenters. The summed E-state index contributed by atoms with van der Waals surface area (Å²) in [4.78, 5) is 24.5. The van der Waals surface area contributed by atoms with Crippen molar-refractivity contribution in [2.75, 3.05) is 25.5 Å². The summed E-state index contributed by atoms with van der Waals surface area (Å²) in [7, 11) is -2.26. The number of anilines is 1. The van der Waals surface area contributed by atoms with E-state index >= 15 is 0 Å². The van der Waals surface area contributed by atoms with Gasteiger partial charge in [0, 0.05) is 23.1 Å². The van der Waals surface area contributed by atoms with Crippen molar-refractivity contribution in [3.63, 3.8) is 0 Å². The molecule has 2 aromatic carbocycles. The van der Waals surface area contributed by atoms with Crippen molar-refractivity contribution in [1.82, 2.24) is 4.31 Å². The number of hydrogen-bond acceptors (Lipinski definition) is 5. The molecule has 3 N–H and O–H groups in total. The Labute approximate surface area is 183 Å². The first-order valence-corrected chi connectivity index (χ1v) is 11.5. The Kier molecular flexibility index (Phi) is 6.79.